The van der Waals surface area contributed by atoms with Crippen molar-refractivity contribution in [1.82, 2.24) is 0 Å². The van der Waals surface area contributed by atoms with E-state index in [1.807, 2.05) is 0 Å². The van der Waals surface area contributed by atoms with E-state index in [4.69, 9.17) is 23.2 Å². The molecule has 4 nitrogen and oxygen atoms in total. The van der Waals surface area contributed by atoms with E-state index in [0.29, 0.717) is 15.7 Å². The average Bonchev–Trinajstić information content (AvgIpc) is 2.37. The van der Waals surface area contributed by atoms with E-state index >= 15 is 0 Å². The largest absolute Gasteiger partial charge is 0.468 e. The molecule has 0 bridgehead atoms. The van der Waals surface area contributed by atoms with Crippen molar-refractivity contribution in [1.29, 1.82) is 0 Å². The predicted octanol–water partition coefficient (Wildman–Crippen LogP) is 3.46. The first kappa shape index (κ1) is 15.1. The van der Waals surface area contributed by atoms with E-state index < -0.39 is 5.97 Å². The van der Waals surface area contributed by atoms with Gasteiger partial charge in [0.15, 0.2) is 0 Å². The van der Waals surface area contributed by atoms with Crippen LogP contribution in [0.3, 0.4) is 0 Å². The van der Waals surface area contributed by atoms with Gasteiger partial charge in [-0.05, 0) is 18.2 Å². The predicted molar refractivity (Wildman–Crippen MR) is 74.7 cm³/mol. The summed E-state index contributed by atoms with van der Waals surface area (Å²) in [5.74, 6) is -0.503. The normalized spacial score (nSPS) is 10.0. The van der Waals surface area contributed by atoms with Crippen molar-refractivity contribution < 1.29 is 14.3 Å². The third-order valence-electron chi connectivity index (χ3n) is 2.08. The average molecular weight is 308 g/mol. The van der Waals surface area contributed by atoms with Crippen molar-refractivity contribution >= 4 is 51.9 Å². The lowest BCUT2D eigenvalue weighted by Crippen LogP contribution is -2.23. The number of rotatable bonds is 3. The molecular weight excluding hydrogens is 297 g/mol. The van der Waals surface area contributed by atoms with Gasteiger partial charge in [0.25, 0.3) is 5.24 Å². The van der Waals surface area contributed by atoms with Crippen LogP contribution in [0.1, 0.15) is 0 Å². The highest BCUT2D eigenvalue weighted by Gasteiger charge is 2.16. The minimum Gasteiger partial charge on any atom is -0.468 e. The zero-order valence-electron chi connectivity index (χ0n) is 9.78. The van der Waals surface area contributed by atoms with Crippen molar-refractivity contribution in [2.45, 2.75) is 0 Å². The van der Waals surface area contributed by atoms with Crippen LogP contribution in [0, 0.1) is 0 Å². The van der Waals surface area contributed by atoms with Crippen LogP contribution in [0.15, 0.2) is 18.2 Å². The minimum absolute atomic E-state index is 0.0438. The van der Waals surface area contributed by atoms with Crippen LogP contribution in [-0.2, 0) is 9.53 Å². The van der Waals surface area contributed by atoms with Gasteiger partial charge in [-0.15, -0.1) is 0 Å². The Labute approximate surface area is 119 Å². The number of thioether (sulfide) groups is 1. The molecule has 1 rings (SSSR count). The lowest BCUT2D eigenvalue weighted by Gasteiger charge is -2.18. The molecule has 0 radical (unpaired) electrons. The molecule has 18 heavy (non-hydrogen) atoms. The Morgan fingerprint density at radius 3 is 2.67 bits per heavy atom. The van der Waals surface area contributed by atoms with Crippen LogP contribution in [-0.4, -0.2) is 31.1 Å². The molecule has 1 aromatic carbocycles. The Kier molecular flexibility index (Phi) is 5.78. The van der Waals surface area contributed by atoms with Crippen LogP contribution in [0.2, 0.25) is 10.0 Å². The smallest absolute Gasteiger partial charge is 0.316 e. The Morgan fingerprint density at radius 2 is 2.06 bits per heavy atom. The molecule has 0 aromatic heterocycles. The Morgan fingerprint density at radius 1 is 1.39 bits per heavy atom. The maximum absolute atomic E-state index is 11.8. The summed E-state index contributed by atoms with van der Waals surface area (Å²) in [6.07, 6.45) is 0. The standard InChI is InChI=1S/C11H11Cl2NO3S/c1-14(11(16)18-6-10(15)17-2)9-5-7(12)3-4-8(9)13/h3-5H,6H2,1-2H3. The van der Waals surface area contributed by atoms with Gasteiger partial charge in [-0.1, -0.05) is 35.0 Å². The quantitative estimate of drug-likeness (QED) is 0.802. The van der Waals surface area contributed by atoms with Crippen molar-refractivity contribution in [3.63, 3.8) is 0 Å². The topological polar surface area (TPSA) is 46.6 Å². The molecule has 0 heterocycles. The molecule has 0 spiro atoms. The molecule has 0 aliphatic carbocycles. The van der Waals surface area contributed by atoms with Gasteiger partial charge in [-0.2, -0.15) is 0 Å². The monoisotopic (exact) mass is 307 g/mol. The van der Waals surface area contributed by atoms with Gasteiger partial charge in [0.1, 0.15) is 5.75 Å². The molecule has 98 valence electrons. The zero-order chi connectivity index (χ0) is 13.7. The number of ether oxygens (including phenoxy) is 1. The zero-order valence-corrected chi connectivity index (χ0v) is 12.1. The fraction of sp³-hybridized carbons (Fsp3) is 0.273. The lowest BCUT2D eigenvalue weighted by molar-refractivity contribution is -0.137. The number of carbonyl (C=O) groups excluding carboxylic acids is 2. The van der Waals surface area contributed by atoms with Gasteiger partial charge < -0.3 is 9.64 Å². The summed E-state index contributed by atoms with van der Waals surface area (Å²) < 4.78 is 4.45. The van der Waals surface area contributed by atoms with Crippen molar-refractivity contribution in [3.05, 3.63) is 28.2 Å². The molecule has 1 aromatic rings. The van der Waals surface area contributed by atoms with Gasteiger partial charge in [0.05, 0.1) is 17.8 Å². The van der Waals surface area contributed by atoms with Gasteiger partial charge in [-0.25, -0.2) is 0 Å². The first-order valence-corrected chi connectivity index (χ1v) is 6.62. The van der Waals surface area contributed by atoms with Crippen LogP contribution in [0.25, 0.3) is 0 Å². The van der Waals surface area contributed by atoms with Crippen molar-refractivity contribution in [2.75, 3.05) is 24.8 Å². The van der Waals surface area contributed by atoms with Crippen LogP contribution in [0.4, 0.5) is 10.5 Å². The molecule has 0 fully saturated rings. The highest BCUT2D eigenvalue weighted by atomic mass is 35.5. The van der Waals surface area contributed by atoms with E-state index in [-0.39, 0.29) is 11.0 Å². The van der Waals surface area contributed by atoms with E-state index in [1.54, 1.807) is 25.2 Å². The number of carbonyl (C=O) groups is 2. The molecule has 0 atom stereocenters. The molecule has 0 aliphatic rings. The number of hydrogen-bond acceptors (Lipinski definition) is 4. The Bertz CT molecular complexity index is 468. The van der Waals surface area contributed by atoms with Gasteiger partial charge in [0.2, 0.25) is 0 Å². The van der Waals surface area contributed by atoms with Crippen molar-refractivity contribution in [3.8, 4) is 0 Å². The van der Waals surface area contributed by atoms with Crippen LogP contribution in [0.5, 0.6) is 0 Å². The second-order valence-electron chi connectivity index (χ2n) is 3.29. The van der Waals surface area contributed by atoms with E-state index in [2.05, 4.69) is 4.74 Å². The lowest BCUT2D eigenvalue weighted by atomic mass is 10.3. The maximum atomic E-state index is 11.8. The first-order chi connectivity index (χ1) is 8.45. The van der Waals surface area contributed by atoms with Gasteiger partial charge in [0, 0.05) is 12.1 Å². The fourth-order valence-corrected chi connectivity index (χ4v) is 2.18. The maximum Gasteiger partial charge on any atom is 0.316 e. The van der Waals surface area contributed by atoms with Crippen molar-refractivity contribution in [2.24, 2.45) is 0 Å². The highest BCUT2D eigenvalue weighted by Crippen LogP contribution is 2.29. The number of methoxy groups -OCH3 is 1. The highest BCUT2D eigenvalue weighted by molar-refractivity contribution is 8.14. The number of benzene rings is 1. The number of esters is 1. The second-order valence-corrected chi connectivity index (χ2v) is 5.06. The third kappa shape index (κ3) is 4.08. The molecular formula is C11H11Cl2NO3S. The van der Waals surface area contributed by atoms with E-state index in [0.717, 1.165) is 11.8 Å². The number of amides is 1. The van der Waals surface area contributed by atoms with Crippen LogP contribution < -0.4 is 4.90 Å². The molecule has 0 saturated heterocycles. The SMILES string of the molecule is COC(=O)CSC(=O)N(C)c1cc(Cl)ccc1Cl. The van der Waals surface area contributed by atoms with Crippen LogP contribution >= 0.6 is 35.0 Å². The van der Waals surface area contributed by atoms with Gasteiger partial charge >= 0.3 is 5.97 Å². The number of hydrogen-bond donors (Lipinski definition) is 0. The summed E-state index contributed by atoms with van der Waals surface area (Å²) >= 11 is 12.6. The molecule has 7 heteroatoms. The number of nitrogens with zero attached hydrogens (tertiary/aromatic N) is 1. The minimum atomic E-state index is -0.459. The molecule has 1 amide bonds. The van der Waals surface area contributed by atoms with E-state index in [9.17, 15) is 9.59 Å². The summed E-state index contributed by atoms with van der Waals surface area (Å²) in [4.78, 5) is 24.1. The summed E-state index contributed by atoms with van der Waals surface area (Å²) in [5.41, 5.74) is 0.492. The molecule has 0 unspecified atom stereocenters. The summed E-state index contributed by atoms with van der Waals surface area (Å²) in [6.45, 7) is 0. The number of anilines is 1. The molecule has 0 N–H and O–H groups in total. The Balaban J connectivity index is 2.74. The second kappa shape index (κ2) is 6.87. The first-order valence-electron chi connectivity index (χ1n) is 4.88. The third-order valence-corrected chi connectivity index (χ3v) is 3.54. The Hall–Kier alpha value is -0.910. The van der Waals surface area contributed by atoms with E-state index in [1.165, 1.54) is 12.0 Å². The summed E-state index contributed by atoms with van der Waals surface area (Å²) in [6, 6.07) is 4.82. The fourth-order valence-electron chi connectivity index (χ4n) is 1.12. The molecule has 0 saturated carbocycles. The molecule has 0 aliphatic heterocycles. The number of halogens is 2. The summed E-state index contributed by atoms with van der Waals surface area (Å²) in [7, 11) is 2.83. The summed E-state index contributed by atoms with van der Waals surface area (Å²) in [5, 5.41) is 0.575. The van der Waals surface area contributed by atoms with Gasteiger partial charge in [-0.3, -0.25) is 9.59 Å².